The fraction of sp³-hybridized carbons (Fsp3) is 0.400. The van der Waals surface area contributed by atoms with Crippen molar-refractivity contribution in [1.82, 2.24) is 14.8 Å². The predicted octanol–water partition coefficient (Wildman–Crippen LogP) is 2.74. The van der Waals surface area contributed by atoms with Gasteiger partial charge in [0.15, 0.2) is 5.82 Å². The molecule has 0 radical (unpaired) electrons. The second kappa shape index (κ2) is 5.45. The minimum absolute atomic E-state index is 0.0612. The third-order valence-corrected chi connectivity index (χ3v) is 2.94. The van der Waals surface area contributed by atoms with Crippen LogP contribution in [0, 0.1) is 0 Å². The van der Waals surface area contributed by atoms with E-state index < -0.39 is 0 Å². The highest BCUT2D eigenvalue weighted by Crippen LogP contribution is 2.21. The second-order valence-corrected chi connectivity index (χ2v) is 5.55. The van der Waals surface area contributed by atoms with E-state index >= 15 is 0 Å². The second-order valence-electron chi connectivity index (χ2n) is 5.55. The van der Waals surface area contributed by atoms with Gasteiger partial charge in [0, 0.05) is 12.4 Å². The van der Waals surface area contributed by atoms with E-state index in [2.05, 4.69) is 30.9 Å². The Kier molecular flexibility index (Phi) is 3.88. The molecule has 0 fully saturated rings. The van der Waals surface area contributed by atoms with Gasteiger partial charge in [-0.2, -0.15) is 5.10 Å². The van der Waals surface area contributed by atoms with Gasteiger partial charge in [0.1, 0.15) is 0 Å². The molecule has 0 unspecified atom stereocenters. The van der Waals surface area contributed by atoms with Crippen LogP contribution in [0.1, 0.15) is 43.6 Å². The molecule has 0 saturated carbocycles. The van der Waals surface area contributed by atoms with Gasteiger partial charge in [-0.1, -0.05) is 26.8 Å². The molecule has 0 bridgehead atoms. The molecule has 0 spiro atoms. The van der Waals surface area contributed by atoms with E-state index in [1.807, 2.05) is 18.3 Å². The maximum absolute atomic E-state index is 11.6. The van der Waals surface area contributed by atoms with Crippen LogP contribution in [-0.2, 0) is 10.2 Å². The van der Waals surface area contributed by atoms with Crippen LogP contribution >= 0.6 is 0 Å². The summed E-state index contributed by atoms with van der Waals surface area (Å²) >= 11 is 0. The third kappa shape index (κ3) is 3.04. The lowest BCUT2D eigenvalue weighted by molar-refractivity contribution is 0.0526. The SMILES string of the molecule is CCOC(=O)c1cnn(-c2ccc(C(C)(C)C)cn2)c1. The molecule has 0 aromatic carbocycles. The quantitative estimate of drug-likeness (QED) is 0.807. The molecule has 5 nitrogen and oxygen atoms in total. The molecule has 0 aliphatic heterocycles. The molecule has 106 valence electrons. The van der Waals surface area contributed by atoms with Gasteiger partial charge in [-0.3, -0.25) is 0 Å². The van der Waals surface area contributed by atoms with Crippen molar-refractivity contribution in [2.75, 3.05) is 6.61 Å². The number of pyridine rings is 1. The van der Waals surface area contributed by atoms with Gasteiger partial charge < -0.3 is 4.74 Å². The standard InChI is InChI=1S/C15H19N3O2/c1-5-20-14(19)11-8-17-18(10-11)13-7-6-12(9-16-13)15(2,3)4/h6-10H,5H2,1-4H3. The van der Waals surface area contributed by atoms with E-state index in [4.69, 9.17) is 4.74 Å². The van der Waals surface area contributed by atoms with E-state index in [1.165, 1.54) is 6.20 Å². The zero-order chi connectivity index (χ0) is 14.8. The monoisotopic (exact) mass is 273 g/mol. The normalized spacial score (nSPS) is 11.4. The van der Waals surface area contributed by atoms with E-state index in [0.717, 1.165) is 5.56 Å². The molecular weight excluding hydrogens is 254 g/mol. The number of esters is 1. The van der Waals surface area contributed by atoms with Crippen molar-refractivity contribution >= 4 is 5.97 Å². The van der Waals surface area contributed by atoms with Crippen molar-refractivity contribution in [2.45, 2.75) is 33.1 Å². The maximum atomic E-state index is 11.6. The molecule has 0 aliphatic carbocycles. The minimum Gasteiger partial charge on any atom is -0.462 e. The van der Waals surface area contributed by atoms with Crippen LogP contribution < -0.4 is 0 Å². The number of hydrogen-bond acceptors (Lipinski definition) is 4. The Morgan fingerprint density at radius 1 is 1.30 bits per heavy atom. The molecule has 2 rings (SSSR count). The Hall–Kier alpha value is -2.17. The number of aromatic nitrogens is 3. The molecule has 0 amide bonds. The Balaban J connectivity index is 2.22. The Morgan fingerprint density at radius 2 is 2.05 bits per heavy atom. The summed E-state index contributed by atoms with van der Waals surface area (Å²) in [6, 6.07) is 3.91. The molecule has 0 atom stereocenters. The fourth-order valence-electron chi connectivity index (χ4n) is 1.73. The Morgan fingerprint density at radius 3 is 2.60 bits per heavy atom. The number of hydrogen-bond donors (Lipinski definition) is 0. The van der Waals surface area contributed by atoms with Gasteiger partial charge >= 0.3 is 5.97 Å². The molecule has 0 aliphatic rings. The number of nitrogens with zero attached hydrogens (tertiary/aromatic N) is 3. The van der Waals surface area contributed by atoms with E-state index in [-0.39, 0.29) is 11.4 Å². The highest BCUT2D eigenvalue weighted by atomic mass is 16.5. The molecule has 2 heterocycles. The van der Waals surface area contributed by atoms with Gasteiger partial charge in [-0.25, -0.2) is 14.5 Å². The number of rotatable bonds is 3. The average Bonchev–Trinajstić information content (AvgIpc) is 2.88. The average molecular weight is 273 g/mol. The summed E-state index contributed by atoms with van der Waals surface area (Å²) in [4.78, 5) is 16.0. The van der Waals surface area contributed by atoms with Crippen molar-refractivity contribution in [3.63, 3.8) is 0 Å². The molecule has 0 N–H and O–H groups in total. The molecule has 2 aromatic heterocycles. The lowest BCUT2D eigenvalue weighted by Gasteiger charge is -2.18. The van der Waals surface area contributed by atoms with Crippen LogP contribution in [0.3, 0.4) is 0 Å². The molecule has 5 heteroatoms. The largest absolute Gasteiger partial charge is 0.462 e. The number of ether oxygens (including phenoxy) is 1. The zero-order valence-corrected chi connectivity index (χ0v) is 12.3. The van der Waals surface area contributed by atoms with Crippen molar-refractivity contribution < 1.29 is 9.53 Å². The zero-order valence-electron chi connectivity index (χ0n) is 12.3. The van der Waals surface area contributed by atoms with Gasteiger partial charge in [-0.05, 0) is 24.0 Å². The molecule has 0 saturated heterocycles. The van der Waals surface area contributed by atoms with Crippen molar-refractivity contribution in [2.24, 2.45) is 0 Å². The van der Waals surface area contributed by atoms with Crippen LogP contribution in [0.5, 0.6) is 0 Å². The van der Waals surface area contributed by atoms with Crippen LogP contribution in [0.15, 0.2) is 30.7 Å². The van der Waals surface area contributed by atoms with Crippen molar-refractivity contribution in [1.29, 1.82) is 0 Å². The first-order chi connectivity index (χ1) is 9.41. The third-order valence-electron chi connectivity index (χ3n) is 2.94. The summed E-state index contributed by atoms with van der Waals surface area (Å²) < 4.78 is 6.50. The minimum atomic E-state index is -0.370. The first-order valence-corrected chi connectivity index (χ1v) is 6.60. The van der Waals surface area contributed by atoms with Gasteiger partial charge in [0.25, 0.3) is 0 Å². The Bertz CT molecular complexity index is 594. The summed E-state index contributed by atoms with van der Waals surface area (Å²) in [7, 11) is 0. The molecule has 20 heavy (non-hydrogen) atoms. The topological polar surface area (TPSA) is 57.0 Å². The van der Waals surface area contributed by atoms with E-state index in [1.54, 1.807) is 17.8 Å². The van der Waals surface area contributed by atoms with E-state index in [9.17, 15) is 4.79 Å². The summed E-state index contributed by atoms with van der Waals surface area (Å²) in [6.45, 7) is 8.53. The summed E-state index contributed by atoms with van der Waals surface area (Å²) in [5, 5.41) is 4.13. The number of carbonyl (C=O) groups excluding carboxylic acids is 1. The van der Waals surface area contributed by atoms with Crippen molar-refractivity contribution in [3.05, 3.63) is 41.9 Å². The van der Waals surface area contributed by atoms with Crippen LogP contribution in [0.2, 0.25) is 0 Å². The van der Waals surface area contributed by atoms with Gasteiger partial charge in [0.05, 0.1) is 18.4 Å². The summed E-state index contributed by atoms with van der Waals surface area (Å²) in [6.07, 6.45) is 4.94. The first kappa shape index (κ1) is 14.2. The van der Waals surface area contributed by atoms with Crippen LogP contribution in [0.4, 0.5) is 0 Å². The molecule has 2 aromatic rings. The first-order valence-electron chi connectivity index (χ1n) is 6.60. The smallest absolute Gasteiger partial charge is 0.341 e. The van der Waals surface area contributed by atoms with Crippen molar-refractivity contribution in [3.8, 4) is 5.82 Å². The molecular formula is C15H19N3O2. The lowest BCUT2D eigenvalue weighted by Crippen LogP contribution is -2.12. The predicted molar refractivity (Wildman–Crippen MR) is 76.0 cm³/mol. The highest BCUT2D eigenvalue weighted by molar-refractivity contribution is 5.88. The maximum Gasteiger partial charge on any atom is 0.341 e. The van der Waals surface area contributed by atoms with Crippen LogP contribution in [0.25, 0.3) is 5.82 Å². The number of carbonyl (C=O) groups is 1. The van der Waals surface area contributed by atoms with Crippen LogP contribution in [-0.4, -0.2) is 27.3 Å². The van der Waals surface area contributed by atoms with Gasteiger partial charge in [-0.15, -0.1) is 0 Å². The van der Waals surface area contributed by atoms with E-state index in [0.29, 0.717) is 18.0 Å². The van der Waals surface area contributed by atoms with Gasteiger partial charge in [0.2, 0.25) is 0 Å². The highest BCUT2D eigenvalue weighted by Gasteiger charge is 2.15. The fourth-order valence-corrected chi connectivity index (χ4v) is 1.73. The summed E-state index contributed by atoms with van der Waals surface area (Å²) in [5.74, 6) is 0.304. The Labute approximate surface area is 118 Å². The lowest BCUT2D eigenvalue weighted by atomic mass is 9.88. The summed E-state index contributed by atoms with van der Waals surface area (Å²) in [5.41, 5.74) is 1.64.